The Hall–Kier alpha value is -2.15. The number of aryl methyl sites for hydroxylation is 12. The molecule has 0 saturated carbocycles. The zero-order valence-corrected chi connectivity index (χ0v) is 31.6. The van der Waals surface area contributed by atoms with Crippen molar-refractivity contribution in [2.45, 2.75) is 83.1 Å². The van der Waals surface area contributed by atoms with Crippen LogP contribution in [0.5, 0.6) is 0 Å². The van der Waals surface area contributed by atoms with Gasteiger partial charge in [-0.2, -0.15) is 0 Å². The first-order valence-electron chi connectivity index (χ1n) is 13.2. The second-order valence-corrected chi connectivity index (χ2v) is 17.2. The summed E-state index contributed by atoms with van der Waals surface area (Å²) in [7, 11) is 0. The van der Waals surface area contributed by atoms with Gasteiger partial charge in [-0.05, 0) is 112 Å². The zero-order valence-electron chi connectivity index (χ0n) is 26.7. The fraction of sp³-hybridized carbons (Fsp3) is 0.387. The highest BCUT2D eigenvalue weighted by Crippen LogP contribution is 2.12. The number of thiophene rings is 2. The van der Waals surface area contributed by atoms with Crippen LogP contribution >= 0.6 is 68.0 Å². The molecule has 0 amide bonds. The third kappa shape index (κ3) is 19.1. The van der Waals surface area contributed by atoms with E-state index < -0.39 is 0 Å². The van der Waals surface area contributed by atoms with Crippen molar-refractivity contribution in [2.24, 2.45) is 0 Å². The topological polar surface area (TPSA) is 64.5 Å². The van der Waals surface area contributed by atoms with Gasteiger partial charge >= 0.3 is 0 Å². The summed E-state index contributed by atoms with van der Waals surface area (Å²) in [6.07, 6.45) is 3.78. The SMILES string of the molecule is Cc1ccc(C)s1.Cc1cnc(C)s1.Cc1cnc(C)s1.Cc1csc(C)c1.Cc1csc(C)n1.Cc1nnc(C)s1. The molecular weight excluding hydrogens is 635 g/mol. The fourth-order valence-electron chi connectivity index (χ4n) is 2.93. The highest BCUT2D eigenvalue weighted by Gasteiger charge is 1.89. The zero-order chi connectivity index (χ0) is 31.7. The highest BCUT2D eigenvalue weighted by atomic mass is 32.1. The van der Waals surface area contributed by atoms with Crippen LogP contribution in [0.3, 0.4) is 0 Å². The second kappa shape index (κ2) is 20.7. The maximum Gasteiger partial charge on any atom is 0.114 e. The van der Waals surface area contributed by atoms with Crippen LogP contribution in [0.1, 0.15) is 60.7 Å². The fourth-order valence-corrected chi connectivity index (χ4v) is 6.94. The van der Waals surface area contributed by atoms with Crippen molar-refractivity contribution < 1.29 is 0 Å². The van der Waals surface area contributed by atoms with Crippen molar-refractivity contribution in [1.29, 1.82) is 0 Å². The molecule has 0 bridgehead atoms. The molecule has 0 saturated heterocycles. The second-order valence-electron chi connectivity index (χ2n) is 9.22. The third-order valence-corrected chi connectivity index (χ3v) is 9.77. The van der Waals surface area contributed by atoms with E-state index in [1.807, 2.05) is 65.3 Å². The lowest BCUT2D eigenvalue weighted by Crippen LogP contribution is -1.68. The lowest BCUT2D eigenvalue weighted by atomic mass is 10.4. The monoisotopic (exact) mass is 677 g/mol. The molecule has 0 unspecified atom stereocenters. The van der Waals surface area contributed by atoms with E-state index in [1.165, 1.54) is 29.9 Å². The van der Waals surface area contributed by atoms with Crippen molar-refractivity contribution in [2.75, 3.05) is 0 Å². The van der Waals surface area contributed by atoms with Crippen LogP contribution in [0, 0.1) is 83.1 Å². The van der Waals surface area contributed by atoms with Gasteiger partial charge in [0.1, 0.15) is 10.0 Å². The molecule has 0 fully saturated rings. The van der Waals surface area contributed by atoms with E-state index in [2.05, 4.69) is 95.7 Å². The molecule has 0 N–H and O–H groups in total. The van der Waals surface area contributed by atoms with Crippen LogP contribution in [-0.2, 0) is 0 Å². The summed E-state index contributed by atoms with van der Waals surface area (Å²) < 4.78 is 0. The number of rotatable bonds is 0. The Balaban J connectivity index is 0.000000252. The van der Waals surface area contributed by atoms with Crippen molar-refractivity contribution in [3.05, 3.63) is 102 Å². The molecule has 0 aliphatic rings. The van der Waals surface area contributed by atoms with Gasteiger partial charge < -0.3 is 0 Å². The molecule has 6 heterocycles. The Bertz CT molecular complexity index is 1140. The van der Waals surface area contributed by atoms with E-state index >= 15 is 0 Å². The first kappa shape index (κ1) is 37.9. The van der Waals surface area contributed by atoms with Gasteiger partial charge in [-0.3, -0.25) is 0 Å². The van der Waals surface area contributed by atoms with Crippen molar-refractivity contribution in [3.8, 4) is 0 Å². The van der Waals surface area contributed by atoms with E-state index in [0.717, 1.165) is 30.7 Å². The quantitative estimate of drug-likeness (QED) is 0.160. The van der Waals surface area contributed by atoms with Crippen molar-refractivity contribution in [3.63, 3.8) is 0 Å². The maximum absolute atomic E-state index is 4.13. The summed E-state index contributed by atoms with van der Waals surface area (Å²) in [4.78, 5) is 19.0. The Morgan fingerprint density at radius 3 is 1.07 bits per heavy atom. The van der Waals surface area contributed by atoms with Crippen LogP contribution in [0.2, 0.25) is 0 Å². The summed E-state index contributed by atoms with van der Waals surface area (Å²) in [6, 6.07) is 6.46. The van der Waals surface area contributed by atoms with Gasteiger partial charge in [-0.15, -0.1) is 78.2 Å². The van der Waals surface area contributed by atoms with E-state index in [9.17, 15) is 0 Å². The number of hydrogen-bond acceptors (Lipinski definition) is 11. The Morgan fingerprint density at radius 1 is 0.452 bits per heavy atom. The minimum atomic E-state index is 1.04. The minimum Gasteiger partial charge on any atom is -0.250 e. The molecule has 0 atom stereocenters. The van der Waals surface area contributed by atoms with Gasteiger partial charge in [0.2, 0.25) is 0 Å². The summed E-state index contributed by atoms with van der Waals surface area (Å²) >= 11 is 10.4. The van der Waals surface area contributed by atoms with Gasteiger partial charge in [0.25, 0.3) is 0 Å². The van der Waals surface area contributed by atoms with Crippen molar-refractivity contribution in [1.82, 2.24) is 25.1 Å². The molecule has 228 valence electrons. The lowest BCUT2D eigenvalue weighted by molar-refractivity contribution is 1.02. The van der Waals surface area contributed by atoms with Crippen LogP contribution in [0.15, 0.2) is 41.4 Å². The van der Waals surface area contributed by atoms with E-state index in [1.54, 1.807) is 56.7 Å². The van der Waals surface area contributed by atoms with Crippen LogP contribution in [0.25, 0.3) is 0 Å². The summed E-state index contributed by atoms with van der Waals surface area (Å²) in [6.45, 7) is 24.5. The van der Waals surface area contributed by atoms with Gasteiger partial charge in [-0.1, -0.05) is 0 Å². The normalized spacial score (nSPS) is 9.43. The molecule has 6 aromatic rings. The van der Waals surface area contributed by atoms with Gasteiger partial charge in [0.15, 0.2) is 0 Å². The molecule has 0 radical (unpaired) electrons. The molecule has 6 rings (SSSR count). The minimum absolute atomic E-state index is 1.04. The molecule has 0 aromatic carbocycles. The molecular formula is C31H43N5S6. The third-order valence-electron chi connectivity index (χ3n) is 4.57. The molecule has 5 nitrogen and oxygen atoms in total. The van der Waals surface area contributed by atoms with Gasteiger partial charge in [-0.25, -0.2) is 15.0 Å². The largest absolute Gasteiger partial charge is 0.250 e. The van der Waals surface area contributed by atoms with E-state index in [-0.39, 0.29) is 0 Å². The summed E-state index contributed by atoms with van der Waals surface area (Å²) in [5.41, 5.74) is 2.50. The van der Waals surface area contributed by atoms with E-state index in [4.69, 9.17) is 0 Å². The summed E-state index contributed by atoms with van der Waals surface area (Å²) in [5, 5.41) is 17.3. The van der Waals surface area contributed by atoms with Crippen LogP contribution in [-0.4, -0.2) is 25.1 Å². The molecule has 42 heavy (non-hydrogen) atoms. The number of aromatic nitrogens is 5. The van der Waals surface area contributed by atoms with Crippen LogP contribution < -0.4 is 0 Å². The predicted molar refractivity (Wildman–Crippen MR) is 192 cm³/mol. The maximum atomic E-state index is 4.13. The standard InChI is InChI=1S/2C6H8S.3C5H7NS.C4H6N2S/c1-5-3-6(2)7-4-5;1-5-3-4-6(2)7-5;1-4-3-7-5(2)6-4;2*1-4-3-6-5(2)7-4;1-3-5-6-4(2)7-3/h2*3-4H,1-2H3;3*3H,1-2H3;1-2H3. The van der Waals surface area contributed by atoms with Gasteiger partial charge in [0, 0.05) is 47.9 Å². The molecule has 11 heteroatoms. The Labute approximate surface area is 276 Å². The molecule has 6 aromatic heterocycles. The molecule has 0 aliphatic heterocycles. The number of thiazole rings is 3. The number of nitrogens with zero attached hydrogens (tertiary/aromatic N) is 5. The van der Waals surface area contributed by atoms with Crippen LogP contribution in [0.4, 0.5) is 0 Å². The first-order chi connectivity index (χ1) is 19.7. The van der Waals surface area contributed by atoms with E-state index in [0.29, 0.717) is 0 Å². The average Bonchev–Trinajstić information content (AvgIpc) is 3.76. The number of hydrogen-bond donors (Lipinski definition) is 0. The van der Waals surface area contributed by atoms with Gasteiger partial charge in [0.05, 0.1) is 15.0 Å². The Kier molecular flexibility index (Phi) is 18.7. The summed E-state index contributed by atoms with van der Waals surface area (Å²) in [5.74, 6) is 0. The Morgan fingerprint density at radius 2 is 0.952 bits per heavy atom. The highest BCUT2D eigenvalue weighted by molar-refractivity contribution is 7.12. The molecule has 0 aliphatic carbocycles. The lowest BCUT2D eigenvalue weighted by Gasteiger charge is -1.71. The predicted octanol–water partition coefficient (Wildman–Crippen LogP) is 11.2. The smallest absolute Gasteiger partial charge is 0.114 e. The average molecular weight is 678 g/mol. The first-order valence-corrected chi connectivity index (χ1v) is 18.2. The van der Waals surface area contributed by atoms with Crippen molar-refractivity contribution >= 4 is 68.0 Å². The molecule has 0 spiro atoms.